The van der Waals surface area contributed by atoms with Crippen molar-refractivity contribution in [3.05, 3.63) is 34.9 Å². The van der Waals surface area contributed by atoms with Gasteiger partial charge in [0.2, 0.25) is 0 Å². The number of nitrogens with zero attached hydrogens (tertiary/aromatic N) is 1. The van der Waals surface area contributed by atoms with Crippen LogP contribution in [0.2, 0.25) is 5.02 Å². The van der Waals surface area contributed by atoms with Crippen molar-refractivity contribution in [2.75, 3.05) is 26.2 Å². The van der Waals surface area contributed by atoms with Crippen molar-refractivity contribution in [1.82, 2.24) is 10.2 Å². The van der Waals surface area contributed by atoms with E-state index in [-0.39, 0.29) is 5.78 Å². The number of rotatable bonds is 6. The van der Waals surface area contributed by atoms with Crippen LogP contribution in [0.4, 0.5) is 0 Å². The second kappa shape index (κ2) is 7.77. The van der Waals surface area contributed by atoms with Crippen LogP contribution in [-0.2, 0) is 0 Å². The standard InChI is InChI=1S/C16H23ClN2O/c1-2-10-19(15-6-8-18-9-7-15)12-16(20)13-4-3-5-14(17)11-13/h3-5,11,15,18H,2,6-10,12H2,1H3. The van der Waals surface area contributed by atoms with Gasteiger partial charge in [0.25, 0.3) is 0 Å². The predicted molar refractivity (Wildman–Crippen MR) is 83.5 cm³/mol. The molecular formula is C16H23ClN2O. The van der Waals surface area contributed by atoms with E-state index in [2.05, 4.69) is 17.1 Å². The molecule has 4 heteroatoms. The Labute approximate surface area is 126 Å². The fraction of sp³-hybridized carbons (Fsp3) is 0.562. The van der Waals surface area contributed by atoms with Gasteiger partial charge in [0, 0.05) is 16.6 Å². The van der Waals surface area contributed by atoms with Crippen LogP contribution in [0.25, 0.3) is 0 Å². The summed E-state index contributed by atoms with van der Waals surface area (Å²) in [6.45, 7) is 5.75. The molecule has 0 amide bonds. The van der Waals surface area contributed by atoms with Gasteiger partial charge in [-0.15, -0.1) is 0 Å². The van der Waals surface area contributed by atoms with Gasteiger partial charge in [-0.05, 0) is 51.0 Å². The van der Waals surface area contributed by atoms with Gasteiger partial charge in [-0.3, -0.25) is 9.69 Å². The number of Topliss-reactive ketones (excluding diaryl/α,β-unsaturated/α-hetero) is 1. The minimum Gasteiger partial charge on any atom is -0.317 e. The van der Waals surface area contributed by atoms with Gasteiger partial charge >= 0.3 is 0 Å². The van der Waals surface area contributed by atoms with Crippen molar-refractivity contribution in [2.24, 2.45) is 0 Å². The molecule has 0 aliphatic carbocycles. The molecule has 1 heterocycles. The second-order valence-corrected chi connectivity index (χ2v) is 5.82. The third-order valence-electron chi connectivity index (χ3n) is 3.83. The molecule has 0 radical (unpaired) electrons. The summed E-state index contributed by atoms with van der Waals surface area (Å²) in [5, 5.41) is 4.00. The molecule has 1 aromatic rings. The van der Waals surface area contributed by atoms with Crippen molar-refractivity contribution in [1.29, 1.82) is 0 Å². The molecule has 1 aliphatic heterocycles. The summed E-state index contributed by atoms with van der Waals surface area (Å²) >= 11 is 5.96. The average Bonchev–Trinajstić information content (AvgIpc) is 2.47. The topological polar surface area (TPSA) is 32.3 Å². The molecule has 0 atom stereocenters. The fourth-order valence-electron chi connectivity index (χ4n) is 2.79. The fourth-order valence-corrected chi connectivity index (χ4v) is 2.98. The average molecular weight is 295 g/mol. The lowest BCUT2D eigenvalue weighted by molar-refractivity contribution is 0.0865. The summed E-state index contributed by atoms with van der Waals surface area (Å²) in [6.07, 6.45) is 3.33. The highest BCUT2D eigenvalue weighted by molar-refractivity contribution is 6.31. The zero-order valence-corrected chi connectivity index (χ0v) is 12.8. The van der Waals surface area contributed by atoms with Crippen LogP contribution in [0.15, 0.2) is 24.3 Å². The highest BCUT2D eigenvalue weighted by Gasteiger charge is 2.22. The minimum atomic E-state index is 0.166. The Kier molecular flexibility index (Phi) is 6.02. The Morgan fingerprint density at radius 2 is 2.15 bits per heavy atom. The summed E-state index contributed by atoms with van der Waals surface area (Å²) < 4.78 is 0. The lowest BCUT2D eigenvalue weighted by atomic mass is 10.0. The summed E-state index contributed by atoms with van der Waals surface area (Å²) in [6, 6.07) is 7.77. The first-order chi connectivity index (χ1) is 9.70. The van der Waals surface area contributed by atoms with Crippen LogP contribution in [-0.4, -0.2) is 42.9 Å². The van der Waals surface area contributed by atoms with E-state index >= 15 is 0 Å². The second-order valence-electron chi connectivity index (χ2n) is 5.39. The van der Waals surface area contributed by atoms with Gasteiger partial charge in [0.05, 0.1) is 6.54 Å². The number of hydrogen-bond acceptors (Lipinski definition) is 3. The van der Waals surface area contributed by atoms with E-state index in [1.807, 2.05) is 12.1 Å². The van der Waals surface area contributed by atoms with Gasteiger partial charge in [0.15, 0.2) is 5.78 Å². The number of piperidine rings is 1. The molecule has 0 bridgehead atoms. The summed E-state index contributed by atoms with van der Waals surface area (Å²) in [5.74, 6) is 0.166. The third kappa shape index (κ3) is 4.30. The van der Waals surface area contributed by atoms with Crippen molar-refractivity contribution in [2.45, 2.75) is 32.2 Å². The van der Waals surface area contributed by atoms with Crippen molar-refractivity contribution < 1.29 is 4.79 Å². The Morgan fingerprint density at radius 1 is 1.40 bits per heavy atom. The predicted octanol–water partition coefficient (Wildman–Crippen LogP) is 2.99. The third-order valence-corrected chi connectivity index (χ3v) is 4.06. The van der Waals surface area contributed by atoms with Gasteiger partial charge in [-0.25, -0.2) is 0 Å². The van der Waals surface area contributed by atoms with Crippen LogP contribution in [0, 0.1) is 0 Å². The highest BCUT2D eigenvalue weighted by Crippen LogP contribution is 2.15. The molecule has 3 nitrogen and oxygen atoms in total. The number of hydrogen-bond donors (Lipinski definition) is 1. The van der Waals surface area contributed by atoms with Crippen molar-refractivity contribution >= 4 is 17.4 Å². The van der Waals surface area contributed by atoms with Crippen LogP contribution in [0.5, 0.6) is 0 Å². The highest BCUT2D eigenvalue weighted by atomic mass is 35.5. The van der Waals surface area contributed by atoms with Crippen LogP contribution >= 0.6 is 11.6 Å². The molecule has 0 spiro atoms. The van der Waals surface area contributed by atoms with Gasteiger partial charge < -0.3 is 5.32 Å². The first kappa shape index (κ1) is 15.5. The summed E-state index contributed by atoms with van der Waals surface area (Å²) in [5.41, 5.74) is 0.715. The van der Waals surface area contributed by atoms with Crippen LogP contribution in [0.1, 0.15) is 36.5 Å². The maximum Gasteiger partial charge on any atom is 0.176 e. The first-order valence-corrected chi connectivity index (χ1v) is 7.82. The molecule has 1 aliphatic rings. The summed E-state index contributed by atoms with van der Waals surface area (Å²) in [4.78, 5) is 14.7. The molecule has 110 valence electrons. The molecular weight excluding hydrogens is 272 g/mol. The molecule has 1 saturated heterocycles. The monoisotopic (exact) mass is 294 g/mol. The van der Waals surface area contributed by atoms with Crippen molar-refractivity contribution in [3.8, 4) is 0 Å². The SMILES string of the molecule is CCCN(CC(=O)c1cccc(Cl)c1)C1CCNCC1. The number of carbonyl (C=O) groups excluding carboxylic acids is 1. The minimum absolute atomic E-state index is 0.166. The Hall–Kier alpha value is -0.900. The number of halogens is 1. The molecule has 0 unspecified atom stereocenters. The number of carbonyl (C=O) groups is 1. The van der Waals surface area contributed by atoms with Crippen LogP contribution in [0.3, 0.4) is 0 Å². The molecule has 1 fully saturated rings. The van der Waals surface area contributed by atoms with Crippen molar-refractivity contribution in [3.63, 3.8) is 0 Å². The van der Waals surface area contributed by atoms with E-state index in [1.165, 1.54) is 0 Å². The van der Waals surface area contributed by atoms with Gasteiger partial charge in [-0.2, -0.15) is 0 Å². The zero-order valence-electron chi connectivity index (χ0n) is 12.1. The van der Waals surface area contributed by atoms with Gasteiger partial charge in [0.1, 0.15) is 0 Å². The van der Waals surface area contributed by atoms with E-state index in [9.17, 15) is 4.79 Å². The van der Waals surface area contributed by atoms with E-state index < -0.39 is 0 Å². The maximum absolute atomic E-state index is 12.4. The molecule has 2 rings (SSSR count). The number of nitrogens with one attached hydrogen (secondary N) is 1. The Morgan fingerprint density at radius 3 is 2.80 bits per heavy atom. The van der Waals surface area contributed by atoms with E-state index in [1.54, 1.807) is 12.1 Å². The quantitative estimate of drug-likeness (QED) is 0.819. The zero-order chi connectivity index (χ0) is 14.4. The largest absolute Gasteiger partial charge is 0.317 e. The molecule has 0 saturated carbocycles. The van der Waals surface area contributed by atoms with Gasteiger partial charge in [-0.1, -0.05) is 30.7 Å². The molecule has 0 aromatic heterocycles. The lowest BCUT2D eigenvalue weighted by Crippen LogP contribution is -2.45. The maximum atomic E-state index is 12.4. The molecule has 20 heavy (non-hydrogen) atoms. The van der Waals surface area contributed by atoms with Crippen LogP contribution < -0.4 is 5.32 Å². The normalized spacial score (nSPS) is 16.6. The number of ketones is 1. The first-order valence-electron chi connectivity index (χ1n) is 7.44. The summed E-state index contributed by atoms with van der Waals surface area (Å²) in [7, 11) is 0. The van der Waals surface area contributed by atoms with E-state index in [4.69, 9.17) is 11.6 Å². The lowest BCUT2D eigenvalue weighted by Gasteiger charge is -2.34. The van der Waals surface area contributed by atoms with E-state index in [0.29, 0.717) is 23.2 Å². The Bertz CT molecular complexity index is 444. The Balaban J connectivity index is 2.01. The molecule has 1 N–H and O–H groups in total. The van der Waals surface area contributed by atoms with E-state index in [0.717, 1.165) is 38.9 Å². The number of benzene rings is 1. The molecule has 1 aromatic carbocycles. The smallest absolute Gasteiger partial charge is 0.176 e.